The first kappa shape index (κ1) is 26.2. The number of hydrogen-bond acceptors (Lipinski definition) is 7. The van der Waals surface area contributed by atoms with Gasteiger partial charge in [-0.1, -0.05) is 35.9 Å². The molecule has 3 aromatic carbocycles. The lowest BCUT2D eigenvalue weighted by atomic mass is 10.1. The number of hydrazone groups is 1. The lowest BCUT2D eigenvalue weighted by Gasteiger charge is -2.12. The number of hydrogen-bond donors (Lipinski definition) is 2. The Balaban J connectivity index is 1.67. The molecule has 10 heteroatoms. The number of ether oxygens (including phenoxy) is 3. The van der Waals surface area contributed by atoms with E-state index in [0.717, 1.165) is 0 Å². The van der Waals surface area contributed by atoms with E-state index in [1.807, 2.05) is 6.92 Å². The Labute approximate surface area is 213 Å². The molecule has 0 atom stereocenters. The van der Waals surface area contributed by atoms with E-state index in [1.165, 1.54) is 13.2 Å². The molecule has 3 rings (SSSR count). The van der Waals surface area contributed by atoms with E-state index >= 15 is 0 Å². The van der Waals surface area contributed by atoms with Gasteiger partial charge in [-0.3, -0.25) is 9.59 Å². The molecule has 36 heavy (non-hydrogen) atoms. The fourth-order valence-corrected chi connectivity index (χ4v) is 3.25. The number of anilines is 1. The smallest absolute Gasteiger partial charge is 0.345 e. The van der Waals surface area contributed by atoms with Gasteiger partial charge in [0.15, 0.2) is 11.5 Å². The third-order valence-electron chi connectivity index (χ3n) is 4.84. The molecule has 0 aromatic heterocycles. The number of amides is 2. The summed E-state index contributed by atoms with van der Waals surface area (Å²) in [6, 6.07) is 18.0. The second kappa shape index (κ2) is 12.4. The number of nitrogens with zero attached hydrogens (tertiary/aromatic N) is 1. The number of para-hydroxylation sites is 2. The van der Waals surface area contributed by atoms with Crippen molar-refractivity contribution in [2.75, 3.05) is 19.0 Å². The second-order valence-electron chi connectivity index (χ2n) is 7.26. The number of benzene rings is 3. The summed E-state index contributed by atoms with van der Waals surface area (Å²) < 4.78 is 16.2. The monoisotopic (exact) mass is 509 g/mol. The molecule has 0 aliphatic carbocycles. The molecular weight excluding hydrogens is 486 g/mol. The number of rotatable bonds is 8. The van der Waals surface area contributed by atoms with Crippen LogP contribution in [0.5, 0.6) is 17.2 Å². The fourth-order valence-electron chi connectivity index (χ4n) is 3.04. The summed E-state index contributed by atoms with van der Waals surface area (Å²) in [6.07, 6.45) is 0. The van der Waals surface area contributed by atoms with Gasteiger partial charge in [0, 0.05) is 5.56 Å². The SMILES string of the molecule is CCOc1ccccc1NC(=O)C(=O)N/N=C(\C)c1ccc(OC(=O)c2ccccc2Cl)c(OC)c1. The Bertz CT molecular complexity index is 1310. The highest BCUT2D eigenvalue weighted by atomic mass is 35.5. The molecule has 0 saturated carbocycles. The van der Waals surface area contributed by atoms with Crippen LogP contribution < -0.4 is 25.0 Å². The van der Waals surface area contributed by atoms with Crippen molar-refractivity contribution in [2.45, 2.75) is 13.8 Å². The van der Waals surface area contributed by atoms with Crippen molar-refractivity contribution in [1.29, 1.82) is 0 Å². The summed E-state index contributed by atoms with van der Waals surface area (Å²) >= 11 is 6.06. The van der Waals surface area contributed by atoms with Crippen LogP contribution in [0, 0.1) is 0 Å². The predicted molar refractivity (Wildman–Crippen MR) is 136 cm³/mol. The summed E-state index contributed by atoms with van der Waals surface area (Å²) in [5.41, 5.74) is 3.75. The van der Waals surface area contributed by atoms with Crippen LogP contribution in [-0.2, 0) is 9.59 Å². The van der Waals surface area contributed by atoms with Crippen LogP contribution in [-0.4, -0.2) is 37.2 Å². The van der Waals surface area contributed by atoms with Crippen molar-refractivity contribution in [3.05, 3.63) is 82.9 Å². The maximum Gasteiger partial charge on any atom is 0.345 e. The minimum Gasteiger partial charge on any atom is -0.493 e. The van der Waals surface area contributed by atoms with E-state index in [9.17, 15) is 14.4 Å². The number of esters is 1. The molecule has 0 fully saturated rings. The minimum absolute atomic E-state index is 0.176. The van der Waals surface area contributed by atoms with E-state index < -0.39 is 17.8 Å². The van der Waals surface area contributed by atoms with E-state index in [0.29, 0.717) is 29.3 Å². The standard InChI is InChI=1S/C26H24ClN3O6/c1-4-35-21-12-8-7-11-20(21)28-24(31)25(32)30-29-16(2)17-13-14-22(23(15-17)34-3)36-26(33)18-9-5-6-10-19(18)27/h5-15H,4H2,1-3H3,(H,28,31)(H,30,32)/b29-16+. The van der Waals surface area contributed by atoms with Gasteiger partial charge in [0.05, 0.1) is 35.7 Å². The quantitative estimate of drug-likeness (QED) is 0.152. The zero-order valence-corrected chi connectivity index (χ0v) is 20.6. The predicted octanol–water partition coefficient (Wildman–Crippen LogP) is 4.45. The molecule has 2 amide bonds. The van der Waals surface area contributed by atoms with Crippen LogP contribution in [0.4, 0.5) is 5.69 Å². The van der Waals surface area contributed by atoms with E-state index in [4.69, 9.17) is 25.8 Å². The normalized spacial score (nSPS) is 10.8. The molecule has 0 radical (unpaired) electrons. The van der Waals surface area contributed by atoms with Crippen LogP contribution in [0.15, 0.2) is 71.8 Å². The number of methoxy groups -OCH3 is 1. The van der Waals surface area contributed by atoms with Gasteiger partial charge in [-0.25, -0.2) is 10.2 Å². The third-order valence-corrected chi connectivity index (χ3v) is 5.17. The first-order valence-corrected chi connectivity index (χ1v) is 11.2. The van der Waals surface area contributed by atoms with Crippen molar-refractivity contribution < 1.29 is 28.6 Å². The summed E-state index contributed by atoms with van der Waals surface area (Å²) in [4.78, 5) is 37.0. The Morgan fingerprint density at radius 1 is 0.917 bits per heavy atom. The van der Waals surface area contributed by atoms with Crippen molar-refractivity contribution in [1.82, 2.24) is 5.43 Å². The molecule has 0 unspecified atom stereocenters. The topological polar surface area (TPSA) is 115 Å². The maximum atomic E-state index is 12.5. The number of halogens is 1. The second-order valence-corrected chi connectivity index (χ2v) is 7.66. The van der Waals surface area contributed by atoms with Crippen molar-refractivity contribution in [3.8, 4) is 17.2 Å². The summed E-state index contributed by atoms with van der Waals surface area (Å²) in [5.74, 6) is -1.62. The molecule has 0 spiro atoms. The Morgan fingerprint density at radius 2 is 1.64 bits per heavy atom. The lowest BCUT2D eigenvalue weighted by Crippen LogP contribution is -2.33. The average Bonchev–Trinajstić information content (AvgIpc) is 2.88. The van der Waals surface area contributed by atoms with E-state index in [1.54, 1.807) is 67.6 Å². The van der Waals surface area contributed by atoms with Crippen LogP contribution >= 0.6 is 11.6 Å². The molecule has 2 N–H and O–H groups in total. The zero-order valence-electron chi connectivity index (χ0n) is 19.8. The lowest BCUT2D eigenvalue weighted by molar-refractivity contribution is -0.136. The maximum absolute atomic E-state index is 12.5. The highest BCUT2D eigenvalue weighted by Crippen LogP contribution is 2.30. The molecule has 9 nitrogen and oxygen atoms in total. The van der Waals surface area contributed by atoms with E-state index in [2.05, 4.69) is 15.8 Å². The minimum atomic E-state index is -0.960. The first-order valence-electron chi connectivity index (χ1n) is 10.9. The molecule has 0 saturated heterocycles. The number of carbonyl (C=O) groups excluding carboxylic acids is 3. The van der Waals surface area contributed by atoms with Crippen LogP contribution in [0.2, 0.25) is 5.02 Å². The number of nitrogens with one attached hydrogen (secondary N) is 2. The van der Waals surface area contributed by atoms with Gasteiger partial charge in [0.1, 0.15) is 5.75 Å². The largest absolute Gasteiger partial charge is 0.493 e. The highest BCUT2D eigenvalue weighted by molar-refractivity contribution is 6.39. The Kier molecular flexibility index (Phi) is 9.01. The molecule has 0 aliphatic rings. The number of carbonyl (C=O) groups is 3. The molecule has 186 valence electrons. The van der Waals surface area contributed by atoms with Gasteiger partial charge in [-0.2, -0.15) is 5.10 Å². The Hall–Kier alpha value is -4.37. The van der Waals surface area contributed by atoms with Gasteiger partial charge in [0.25, 0.3) is 0 Å². The molecule has 0 heterocycles. The summed E-state index contributed by atoms with van der Waals surface area (Å²) in [5, 5.41) is 6.75. The van der Waals surface area contributed by atoms with Crippen LogP contribution in [0.1, 0.15) is 29.8 Å². The van der Waals surface area contributed by atoms with Crippen LogP contribution in [0.3, 0.4) is 0 Å². The van der Waals surface area contributed by atoms with Crippen molar-refractivity contribution in [2.24, 2.45) is 5.10 Å². The first-order chi connectivity index (χ1) is 17.3. The fraction of sp³-hybridized carbons (Fsp3) is 0.154. The third kappa shape index (κ3) is 6.61. The van der Waals surface area contributed by atoms with Crippen molar-refractivity contribution in [3.63, 3.8) is 0 Å². The molecule has 0 aliphatic heterocycles. The van der Waals surface area contributed by atoms with Gasteiger partial charge >= 0.3 is 17.8 Å². The van der Waals surface area contributed by atoms with Gasteiger partial charge in [0.2, 0.25) is 0 Å². The van der Waals surface area contributed by atoms with E-state index in [-0.39, 0.29) is 22.1 Å². The summed E-state index contributed by atoms with van der Waals surface area (Å²) in [7, 11) is 1.42. The zero-order chi connectivity index (χ0) is 26.1. The average molecular weight is 510 g/mol. The molecule has 0 bridgehead atoms. The van der Waals surface area contributed by atoms with Gasteiger partial charge in [-0.05, 0) is 56.3 Å². The molecular formula is C26H24ClN3O6. The van der Waals surface area contributed by atoms with Gasteiger partial charge < -0.3 is 19.5 Å². The van der Waals surface area contributed by atoms with Crippen molar-refractivity contribution >= 4 is 40.8 Å². The highest BCUT2D eigenvalue weighted by Gasteiger charge is 2.17. The Morgan fingerprint density at radius 3 is 2.36 bits per heavy atom. The molecule has 3 aromatic rings. The summed E-state index contributed by atoms with van der Waals surface area (Å²) in [6.45, 7) is 3.85. The van der Waals surface area contributed by atoms with Crippen LogP contribution in [0.25, 0.3) is 0 Å². The van der Waals surface area contributed by atoms with Gasteiger partial charge in [-0.15, -0.1) is 0 Å².